The second-order valence-electron chi connectivity index (χ2n) is 3.77. The number of nitriles is 1. The van der Waals surface area contributed by atoms with Crippen molar-refractivity contribution in [2.24, 2.45) is 5.92 Å². The summed E-state index contributed by atoms with van der Waals surface area (Å²) in [6, 6.07) is 9.30. The van der Waals surface area contributed by atoms with Crippen molar-refractivity contribution in [1.82, 2.24) is 0 Å². The van der Waals surface area contributed by atoms with Crippen molar-refractivity contribution in [3.05, 3.63) is 35.9 Å². The second kappa shape index (κ2) is 7.13. The molecule has 0 saturated carbocycles. The average molecular weight is 245 g/mol. The van der Waals surface area contributed by atoms with Gasteiger partial charge < -0.3 is 9.84 Å². The van der Waals surface area contributed by atoms with Crippen molar-refractivity contribution in [2.45, 2.75) is 12.8 Å². The molecule has 0 heterocycles. The SMILES string of the molecule is COc1ccc(C=CCCC(C#N)C(=O)O)cc1. The molecular weight excluding hydrogens is 230 g/mol. The maximum Gasteiger partial charge on any atom is 0.320 e. The summed E-state index contributed by atoms with van der Waals surface area (Å²) in [6.07, 6.45) is 4.67. The number of allylic oxidation sites excluding steroid dienone is 1. The lowest BCUT2D eigenvalue weighted by molar-refractivity contribution is -0.139. The van der Waals surface area contributed by atoms with E-state index in [4.69, 9.17) is 15.1 Å². The number of carbonyl (C=O) groups is 1. The Morgan fingerprint density at radius 2 is 2.17 bits per heavy atom. The number of methoxy groups -OCH3 is 1. The summed E-state index contributed by atoms with van der Waals surface area (Å²) < 4.78 is 5.04. The summed E-state index contributed by atoms with van der Waals surface area (Å²) in [7, 11) is 1.61. The highest BCUT2D eigenvalue weighted by atomic mass is 16.5. The van der Waals surface area contributed by atoms with Crippen molar-refractivity contribution >= 4 is 12.0 Å². The minimum Gasteiger partial charge on any atom is -0.497 e. The van der Waals surface area contributed by atoms with Crippen LogP contribution in [0.15, 0.2) is 30.3 Å². The van der Waals surface area contributed by atoms with E-state index in [2.05, 4.69) is 0 Å². The van der Waals surface area contributed by atoms with Gasteiger partial charge in [-0.1, -0.05) is 24.3 Å². The van der Waals surface area contributed by atoms with Gasteiger partial charge in [-0.2, -0.15) is 5.26 Å². The summed E-state index contributed by atoms with van der Waals surface area (Å²) in [5.41, 5.74) is 1.01. The zero-order valence-corrected chi connectivity index (χ0v) is 10.2. The number of carboxylic acid groups (broad SMARTS) is 1. The molecule has 0 fully saturated rings. The van der Waals surface area contributed by atoms with Crippen LogP contribution < -0.4 is 4.74 Å². The van der Waals surface area contributed by atoms with E-state index in [9.17, 15) is 4.79 Å². The Morgan fingerprint density at radius 1 is 1.50 bits per heavy atom. The lowest BCUT2D eigenvalue weighted by Gasteiger charge is -2.00. The zero-order chi connectivity index (χ0) is 13.4. The van der Waals surface area contributed by atoms with E-state index >= 15 is 0 Å². The molecule has 1 unspecified atom stereocenters. The lowest BCUT2D eigenvalue weighted by atomic mass is 10.0. The Morgan fingerprint density at radius 3 is 2.67 bits per heavy atom. The van der Waals surface area contributed by atoms with Gasteiger partial charge in [0.15, 0.2) is 0 Å². The molecule has 0 bridgehead atoms. The van der Waals surface area contributed by atoms with Gasteiger partial charge >= 0.3 is 5.97 Å². The summed E-state index contributed by atoms with van der Waals surface area (Å²) in [6.45, 7) is 0. The van der Waals surface area contributed by atoms with Crippen molar-refractivity contribution in [1.29, 1.82) is 5.26 Å². The Labute approximate surface area is 106 Å². The molecule has 0 spiro atoms. The minimum atomic E-state index is -1.06. The van der Waals surface area contributed by atoms with Gasteiger partial charge in [-0.15, -0.1) is 0 Å². The van der Waals surface area contributed by atoms with Crippen LogP contribution in [0.2, 0.25) is 0 Å². The topological polar surface area (TPSA) is 70.3 Å². The van der Waals surface area contributed by atoms with Gasteiger partial charge in [-0.25, -0.2) is 0 Å². The molecule has 94 valence electrons. The van der Waals surface area contributed by atoms with Gasteiger partial charge in [0.25, 0.3) is 0 Å². The molecule has 18 heavy (non-hydrogen) atoms. The summed E-state index contributed by atoms with van der Waals surface area (Å²) in [5, 5.41) is 17.3. The molecule has 0 aliphatic heterocycles. The monoisotopic (exact) mass is 245 g/mol. The van der Waals surface area contributed by atoms with Crippen molar-refractivity contribution in [3.63, 3.8) is 0 Å². The molecule has 0 aliphatic carbocycles. The van der Waals surface area contributed by atoms with Crippen LogP contribution in [0, 0.1) is 17.2 Å². The summed E-state index contributed by atoms with van der Waals surface area (Å²) in [5.74, 6) is -1.19. The Kier molecular flexibility index (Phi) is 5.46. The largest absolute Gasteiger partial charge is 0.497 e. The predicted octanol–water partition coefficient (Wildman–Crippen LogP) is 2.71. The standard InChI is InChI=1S/C14H15NO3/c1-18-13-8-6-11(7-9-13)4-2-3-5-12(10-15)14(16)17/h2,4,6-9,12H,3,5H2,1H3,(H,16,17). The van der Waals surface area contributed by atoms with E-state index in [1.165, 1.54) is 0 Å². The van der Waals surface area contributed by atoms with Crippen LogP contribution in [-0.2, 0) is 4.79 Å². The molecule has 1 rings (SSSR count). The Balaban J connectivity index is 2.45. The van der Waals surface area contributed by atoms with E-state index in [-0.39, 0.29) is 0 Å². The molecule has 0 aromatic heterocycles. The summed E-state index contributed by atoms with van der Waals surface area (Å²) >= 11 is 0. The van der Waals surface area contributed by atoms with E-state index in [1.807, 2.05) is 36.4 Å². The molecular formula is C14H15NO3. The van der Waals surface area contributed by atoms with Crippen LogP contribution in [0.4, 0.5) is 0 Å². The molecule has 4 nitrogen and oxygen atoms in total. The first-order valence-corrected chi connectivity index (χ1v) is 5.60. The smallest absolute Gasteiger partial charge is 0.320 e. The third-order valence-corrected chi connectivity index (χ3v) is 2.50. The molecule has 4 heteroatoms. The van der Waals surface area contributed by atoms with E-state index in [1.54, 1.807) is 13.2 Å². The molecule has 0 amide bonds. The van der Waals surface area contributed by atoms with Crippen molar-refractivity contribution in [3.8, 4) is 11.8 Å². The van der Waals surface area contributed by atoms with Crippen molar-refractivity contribution < 1.29 is 14.6 Å². The molecule has 1 N–H and O–H groups in total. The minimum absolute atomic E-state index is 0.332. The second-order valence-corrected chi connectivity index (χ2v) is 3.77. The highest BCUT2D eigenvalue weighted by Gasteiger charge is 2.14. The van der Waals surface area contributed by atoms with Crippen LogP contribution in [0.5, 0.6) is 5.75 Å². The van der Waals surface area contributed by atoms with Gasteiger partial charge in [0.1, 0.15) is 11.7 Å². The molecule has 0 saturated heterocycles. The van der Waals surface area contributed by atoms with Gasteiger partial charge in [0.05, 0.1) is 13.2 Å². The number of rotatable bonds is 6. The predicted molar refractivity (Wildman–Crippen MR) is 68.0 cm³/mol. The van der Waals surface area contributed by atoms with Crippen LogP contribution in [0.25, 0.3) is 6.08 Å². The van der Waals surface area contributed by atoms with Gasteiger partial charge in [0, 0.05) is 0 Å². The maximum atomic E-state index is 10.6. The number of nitrogens with zero attached hydrogens (tertiary/aromatic N) is 1. The number of benzene rings is 1. The van der Waals surface area contributed by atoms with Gasteiger partial charge in [-0.3, -0.25) is 4.79 Å². The number of hydrogen-bond donors (Lipinski definition) is 1. The molecule has 0 aliphatic rings. The highest BCUT2D eigenvalue weighted by molar-refractivity contribution is 5.72. The van der Waals surface area contributed by atoms with Crippen LogP contribution in [0.1, 0.15) is 18.4 Å². The molecule has 0 radical (unpaired) electrons. The first-order valence-electron chi connectivity index (χ1n) is 5.60. The number of ether oxygens (including phenoxy) is 1. The number of aliphatic carboxylic acids is 1. The molecule has 1 aromatic rings. The normalized spacial score (nSPS) is 12.0. The van der Waals surface area contributed by atoms with E-state index < -0.39 is 11.9 Å². The fourth-order valence-corrected chi connectivity index (χ4v) is 1.44. The Bertz CT molecular complexity index is 457. The van der Waals surface area contributed by atoms with Crippen LogP contribution >= 0.6 is 0 Å². The fraction of sp³-hybridized carbons (Fsp3) is 0.286. The van der Waals surface area contributed by atoms with Crippen LogP contribution in [-0.4, -0.2) is 18.2 Å². The fourth-order valence-electron chi connectivity index (χ4n) is 1.44. The highest BCUT2D eigenvalue weighted by Crippen LogP contribution is 2.13. The summed E-state index contributed by atoms with van der Waals surface area (Å²) in [4.78, 5) is 10.6. The third kappa shape index (κ3) is 4.30. The number of carboxylic acids is 1. The maximum absolute atomic E-state index is 10.6. The zero-order valence-electron chi connectivity index (χ0n) is 10.2. The number of hydrogen-bond acceptors (Lipinski definition) is 3. The van der Waals surface area contributed by atoms with Gasteiger partial charge in [0.2, 0.25) is 0 Å². The van der Waals surface area contributed by atoms with E-state index in [0.717, 1.165) is 11.3 Å². The van der Waals surface area contributed by atoms with E-state index in [0.29, 0.717) is 12.8 Å². The lowest BCUT2D eigenvalue weighted by Crippen LogP contribution is -2.10. The Hall–Kier alpha value is -2.28. The first kappa shape index (κ1) is 13.8. The van der Waals surface area contributed by atoms with Gasteiger partial charge in [-0.05, 0) is 30.5 Å². The molecule has 1 atom stereocenters. The van der Waals surface area contributed by atoms with Crippen LogP contribution in [0.3, 0.4) is 0 Å². The molecule has 1 aromatic carbocycles. The third-order valence-electron chi connectivity index (χ3n) is 2.50. The van der Waals surface area contributed by atoms with Crippen molar-refractivity contribution in [2.75, 3.05) is 7.11 Å². The quantitative estimate of drug-likeness (QED) is 0.836. The first-order chi connectivity index (χ1) is 8.67. The average Bonchev–Trinajstić information content (AvgIpc) is 2.39.